The highest BCUT2D eigenvalue weighted by molar-refractivity contribution is 5.93. The van der Waals surface area contributed by atoms with E-state index in [0.29, 0.717) is 12.8 Å². The summed E-state index contributed by atoms with van der Waals surface area (Å²) in [6.45, 7) is 0. The monoisotopic (exact) mass is 184 g/mol. The van der Waals surface area contributed by atoms with Gasteiger partial charge in [0.15, 0.2) is 0 Å². The van der Waals surface area contributed by atoms with Crippen LogP contribution in [0.2, 0.25) is 0 Å². The van der Waals surface area contributed by atoms with Crippen LogP contribution in [-0.2, 0) is 4.79 Å². The average Bonchev–Trinajstić information content (AvgIpc) is 2.08. The maximum absolute atomic E-state index is 11.5. The largest absolute Gasteiger partial charge is 0.374 e. The molecule has 0 aromatic heterocycles. The maximum atomic E-state index is 11.5. The van der Waals surface area contributed by atoms with Gasteiger partial charge in [0.05, 0.1) is 0 Å². The molecule has 4 heteroatoms. The van der Waals surface area contributed by atoms with Gasteiger partial charge in [-0.2, -0.15) is 0 Å². The van der Waals surface area contributed by atoms with Gasteiger partial charge < -0.3 is 14.9 Å². The Balaban J connectivity index is 2.72. The lowest BCUT2D eigenvalue weighted by atomic mass is 10.1. The maximum Gasteiger partial charge on any atom is 0.250 e. The quantitative estimate of drug-likeness (QED) is 0.624. The normalized spacial score (nSPS) is 22.6. The van der Waals surface area contributed by atoms with E-state index in [-0.39, 0.29) is 5.91 Å². The van der Waals surface area contributed by atoms with E-state index in [9.17, 15) is 9.90 Å². The van der Waals surface area contributed by atoms with Crippen molar-refractivity contribution in [1.82, 2.24) is 9.80 Å². The van der Waals surface area contributed by atoms with Crippen molar-refractivity contribution in [3.05, 3.63) is 11.8 Å². The molecule has 0 fully saturated rings. The molecular weight excluding hydrogens is 168 g/mol. The predicted octanol–water partition coefficient (Wildman–Crippen LogP) is 0.00250. The summed E-state index contributed by atoms with van der Waals surface area (Å²) in [5.41, 5.74) is 0.762. The fraction of sp³-hybridized carbons (Fsp3) is 0.667. The predicted molar refractivity (Wildman–Crippen MR) is 49.8 cm³/mol. The summed E-state index contributed by atoms with van der Waals surface area (Å²) >= 11 is 0. The fourth-order valence-corrected chi connectivity index (χ4v) is 1.33. The number of aliphatic hydroxyl groups is 1. The van der Waals surface area contributed by atoms with Crippen LogP contribution in [0.4, 0.5) is 0 Å². The highest BCUT2D eigenvalue weighted by Gasteiger charge is 2.20. The van der Waals surface area contributed by atoms with E-state index in [0.717, 1.165) is 5.57 Å². The number of hydrogen-bond donors (Lipinski definition) is 1. The van der Waals surface area contributed by atoms with Gasteiger partial charge in [0, 0.05) is 32.9 Å². The Morgan fingerprint density at radius 1 is 1.69 bits per heavy atom. The number of rotatable bonds is 1. The third kappa shape index (κ3) is 2.21. The molecule has 74 valence electrons. The first-order valence-electron chi connectivity index (χ1n) is 4.34. The first kappa shape index (κ1) is 10.1. The van der Waals surface area contributed by atoms with Gasteiger partial charge in [0.1, 0.15) is 6.23 Å². The summed E-state index contributed by atoms with van der Waals surface area (Å²) in [5.74, 6) is 0.0266. The van der Waals surface area contributed by atoms with Gasteiger partial charge in [-0.15, -0.1) is 0 Å². The highest BCUT2D eigenvalue weighted by Crippen LogP contribution is 2.18. The lowest BCUT2D eigenvalue weighted by Crippen LogP contribution is -2.34. The topological polar surface area (TPSA) is 43.8 Å². The minimum atomic E-state index is -0.446. The molecule has 4 nitrogen and oxygen atoms in total. The second-order valence-corrected chi connectivity index (χ2v) is 3.54. The van der Waals surface area contributed by atoms with E-state index in [4.69, 9.17) is 0 Å². The molecule has 0 aromatic rings. The number of aliphatic hydroxyl groups excluding tert-OH is 1. The molecule has 0 radical (unpaired) electrons. The molecule has 13 heavy (non-hydrogen) atoms. The van der Waals surface area contributed by atoms with Crippen molar-refractivity contribution in [3.63, 3.8) is 0 Å². The van der Waals surface area contributed by atoms with Crippen LogP contribution in [0, 0.1) is 0 Å². The minimum absolute atomic E-state index is 0.0266. The van der Waals surface area contributed by atoms with Gasteiger partial charge in [0.2, 0.25) is 0 Å². The Hall–Kier alpha value is -1.03. The zero-order chi connectivity index (χ0) is 10.0. The van der Waals surface area contributed by atoms with Crippen molar-refractivity contribution >= 4 is 5.91 Å². The average molecular weight is 184 g/mol. The summed E-state index contributed by atoms with van der Waals surface area (Å²) < 4.78 is 0. The van der Waals surface area contributed by atoms with Crippen molar-refractivity contribution in [3.8, 4) is 0 Å². The Kier molecular flexibility index (Phi) is 2.93. The molecule has 1 amide bonds. The van der Waals surface area contributed by atoms with Gasteiger partial charge in [-0.25, -0.2) is 0 Å². The Morgan fingerprint density at radius 3 is 2.77 bits per heavy atom. The van der Waals surface area contributed by atoms with Crippen LogP contribution in [0.15, 0.2) is 11.8 Å². The molecule has 1 heterocycles. The van der Waals surface area contributed by atoms with Crippen molar-refractivity contribution in [2.45, 2.75) is 19.1 Å². The number of hydrogen-bond acceptors (Lipinski definition) is 3. The third-order valence-corrected chi connectivity index (χ3v) is 2.18. The molecule has 1 unspecified atom stereocenters. The van der Waals surface area contributed by atoms with E-state index >= 15 is 0 Å². The van der Waals surface area contributed by atoms with E-state index in [2.05, 4.69) is 0 Å². The Bertz CT molecular complexity index is 236. The first-order valence-corrected chi connectivity index (χ1v) is 4.34. The van der Waals surface area contributed by atoms with Crippen molar-refractivity contribution < 1.29 is 9.90 Å². The summed E-state index contributed by atoms with van der Waals surface area (Å²) in [7, 11) is 5.23. The summed E-state index contributed by atoms with van der Waals surface area (Å²) in [6.07, 6.45) is 2.56. The zero-order valence-electron chi connectivity index (χ0n) is 8.32. The second-order valence-electron chi connectivity index (χ2n) is 3.54. The molecule has 0 spiro atoms. The Morgan fingerprint density at radius 2 is 2.31 bits per heavy atom. The number of nitrogens with zero attached hydrogens (tertiary/aromatic N) is 2. The van der Waals surface area contributed by atoms with Crippen LogP contribution < -0.4 is 0 Å². The van der Waals surface area contributed by atoms with Crippen LogP contribution in [0.1, 0.15) is 12.8 Å². The first-order chi connectivity index (χ1) is 6.02. The molecule has 0 aliphatic carbocycles. The molecule has 0 bridgehead atoms. The number of likely N-dealkylation sites (N-methyl/N-ethyl adjacent to an activating group) is 1. The highest BCUT2D eigenvalue weighted by atomic mass is 16.3. The lowest BCUT2D eigenvalue weighted by molar-refractivity contribution is -0.125. The lowest BCUT2D eigenvalue weighted by Gasteiger charge is -2.28. The van der Waals surface area contributed by atoms with Crippen molar-refractivity contribution in [2.24, 2.45) is 0 Å². The number of amides is 1. The van der Waals surface area contributed by atoms with E-state index < -0.39 is 6.23 Å². The molecule has 1 atom stereocenters. The molecule has 1 N–H and O–H groups in total. The molecule has 0 aromatic carbocycles. The minimum Gasteiger partial charge on any atom is -0.374 e. The summed E-state index contributed by atoms with van der Waals surface area (Å²) in [4.78, 5) is 14.7. The summed E-state index contributed by atoms with van der Waals surface area (Å²) in [6, 6.07) is 0. The smallest absolute Gasteiger partial charge is 0.250 e. The van der Waals surface area contributed by atoms with Crippen LogP contribution in [0.25, 0.3) is 0 Å². The van der Waals surface area contributed by atoms with Gasteiger partial charge in [0.25, 0.3) is 5.91 Å². The van der Waals surface area contributed by atoms with Crippen molar-refractivity contribution in [2.75, 3.05) is 21.1 Å². The molecule has 1 rings (SSSR count). The van der Waals surface area contributed by atoms with Crippen LogP contribution in [-0.4, -0.2) is 48.2 Å². The number of carbonyl (C=O) groups excluding carboxylic acids is 1. The fourth-order valence-electron chi connectivity index (χ4n) is 1.33. The van der Waals surface area contributed by atoms with Crippen molar-refractivity contribution in [1.29, 1.82) is 0 Å². The molecule has 0 saturated carbocycles. The second kappa shape index (κ2) is 3.79. The zero-order valence-corrected chi connectivity index (χ0v) is 8.32. The van der Waals surface area contributed by atoms with Gasteiger partial charge in [-0.3, -0.25) is 4.79 Å². The Labute approximate surface area is 78.4 Å². The number of carbonyl (C=O) groups is 1. The van der Waals surface area contributed by atoms with E-state index in [1.54, 1.807) is 37.1 Å². The summed E-state index contributed by atoms with van der Waals surface area (Å²) in [5, 5.41) is 9.37. The van der Waals surface area contributed by atoms with Crippen LogP contribution >= 0.6 is 0 Å². The molecule has 1 aliphatic rings. The van der Waals surface area contributed by atoms with E-state index in [1.807, 2.05) is 0 Å². The van der Waals surface area contributed by atoms with Crippen LogP contribution in [0.3, 0.4) is 0 Å². The molecule has 1 aliphatic heterocycles. The van der Waals surface area contributed by atoms with E-state index in [1.165, 1.54) is 0 Å². The van der Waals surface area contributed by atoms with Gasteiger partial charge in [-0.05, 0) is 12.8 Å². The van der Waals surface area contributed by atoms with Crippen LogP contribution in [0.5, 0.6) is 0 Å². The van der Waals surface area contributed by atoms with Gasteiger partial charge >= 0.3 is 0 Å². The standard InChI is InChI=1S/C9H16N2O2/c1-10(2)9(13)7-4-5-8(12)11(3)6-7/h6,8,12H,4-5H2,1-3H3. The SMILES string of the molecule is CN(C)C(=O)C1=CN(C)C(O)CC1. The third-order valence-electron chi connectivity index (χ3n) is 2.18. The molecule has 0 saturated heterocycles. The van der Waals surface area contributed by atoms with Gasteiger partial charge in [-0.1, -0.05) is 0 Å². The molecular formula is C9H16N2O2.